The van der Waals surface area contributed by atoms with Gasteiger partial charge in [0.25, 0.3) is 27.8 Å². The van der Waals surface area contributed by atoms with E-state index < -0.39 is 45.0 Å². The molecule has 0 saturated heterocycles. The maximum Gasteiger partial charge on any atom is 0.354 e. The van der Waals surface area contributed by atoms with Crippen molar-refractivity contribution in [1.82, 2.24) is 22.8 Å². The molecule has 2 aliphatic rings. The lowest BCUT2D eigenvalue weighted by Crippen LogP contribution is -2.29. The Bertz CT molecular complexity index is 7630. The summed E-state index contributed by atoms with van der Waals surface area (Å²) in [6.07, 6.45) is 4.14. The van der Waals surface area contributed by atoms with Gasteiger partial charge in [-0.1, -0.05) is 109 Å². The van der Waals surface area contributed by atoms with Crippen LogP contribution in [0.1, 0.15) is 64.5 Å². The van der Waals surface area contributed by atoms with Crippen LogP contribution in [0, 0.1) is 13.8 Å². The third kappa shape index (κ3) is 14.9. The molecule has 0 amide bonds. The molecule has 2 aliphatic carbocycles. The molecule has 7 N–H and O–H groups in total. The quantitative estimate of drug-likeness (QED) is 0.0421. The summed E-state index contributed by atoms with van der Waals surface area (Å²) in [5.41, 5.74) is 13.6. The number of rotatable bonds is 10. The molecule has 9 heterocycles. The van der Waals surface area contributed by atoms with Crippen molar-refractivity contribution in [2.75, 3.05) is 12.8 Å². The van der Waals surface area contributed by atoms with E-state index >= 15 is 0 Å². The van der Waals surface area contributed by atoms with Crippen LogP contribution < -0.4 is 60.8 Å². The van der Waals surface area contributed by atoms with Crippen molar-refractivity contribution < 1.29 is 52.7 Å². The first-order valence-electron chi connectivity index (χ1n) is 38.6. The molecule has 0 radical (unpaired) electrons. The number of para-hydroxylation sites is 1. The summed E-state index contributed by atoms with van der Waals surface area (Å²) in [6, 6.07) is 59.4. The van der Waals surface area contributed by atoms with Gasteiger partial charge in [0.1, 0.15) is 60.8 Å². The maximum absolute atomic E-state index is 14.0. The molecule has 0 saturated carbocycles. The van der Waals surface area contributed by atoms with Gasteiger partial charge >= 0.3 is 22.5 Å². The van der Waals surface area contributed by atoms with Crippen LogP contribution in [0.2, 0.25) is 0 Å². The van der Waals surface area contributed by atoms with Crippen molar-refractivity contribution in [3.05, 3.63) is 351 Å². The molecule has 0 unspecified atom stereocenters. The number of hydrogen-bond donors (Lipinski definition) is 6. The molecule has 0 fully saturated rings. The summed E-state index contributed by atoms with van der Waals surface area (Å²) < 4.78 is 34.2. The fourth-order valence-electron chi connectivity index (χ4n) is 15.8. The predicted octanol–water partition coefficient (Wildman–Crippen LogP) is 15.0. The van der Waals surface area contributed by atoms with Gasteiger partial charge in [-0.2, -0.15) is 0 Å². The number of nitrogens with zero attached hydrogens (tertiary/aromatic N) is 5. The summed E-state index contributed by atoms with van der Waals surface area (Å²) in [7, 11) is 1.58. The molecule has 27 heteroatoms. The molecule has 0 spiro atoms. The van der Waals surface area contributed by atoms with Crippen molar-refractivity contribution >= 4 is 99.8 Å². The molecule has 17 aromatic rings. The standard InChI is InChI=1S/C28H19NO5S.C22H19NO4.C15H14N2O3.C15H13NO4.C15H11NO4/c30-18-13-11-17(12-14-18)29-23-20-9-5-4-6-16(20)10-15-21(23)25-22(27(29)32)24(31)26(28(33)34-25)35-19-7-2-1-3-8-19;1-13(24)19-21(25)18-12-7-14-5-3-4-6-17(14)20(18)23(22(19)26)15-8-10-16(27-2)11-9-15;1-3-17-11-6-8(2)4-5-9(11)14-13(15(17)19)10(16)7-12(18)20-14;1-3-16-10-6-8(2)4-5-9(10)14-13(15(16)19)11(17)7-12(18)20-14;1-2-7-16-10-6-4-3-5-9(10)14-13(15(16)19)11(17)8-12(18)20-14/h1-9,11-14,30-31H,10,15H2;3-6,8-11,25H,7,12H2,1-2H3;4-7H,3,16H2,1-2H3;4-7,17H,3H2,1-2H3;2-6,8,17H,1,7H2. The van der Waals surface area contributed by atoms with E-state index in [-0.39, 0.29) is 99.9 Å². The van der Waals surface area contributed by atoms with Gasteiger partial charge in [0, 0.05) is 80.4 Å². The lowest BCUT2D eigenvalue weighted by Gasteiger charge is -2.26. The maximum atomic E-state index is 14.0. The number of ketones is 1. The van der Waals surface area contributed by atoms with Crippen LogP contribution in [0.3, 0.4) is 0 Å². The van der Waals surface area contributed by atoms with Crippen molar-refractivity contribution in [1.29, 1.82) is 0 Å². The van der Waals surface area contributed by atoms with E-state index in [1.165, 1.54) is 32.8 Å². The Morgan fingerprint density at radius 1 is 0.475 bits per heavy atom. The van der Waals surface area contributed by atoms with Gasteiger partial charge < -0.3 is 67.4 Å². The highest BCUT2D eigenvalue weighted by atomic mass is 32.2. The minimum Gasteiger partial charge on any atom is -0.508 e. The number of anilines is 1. The number of carbonyl (C=O) groups is 1. The molecule has 9 aromatic heterocycles. The fourth-order valence-corrected chi connectivity index (χ4v) is 16.6. The SMILES string of the molecule is C=CCn1c(=O)c2c(O)cc(=O)oc2c2ccccc21.CCn1c(=O)c2c(N)cc(=O)oc2c2ccc(C)cc21.CCn1c(=O)c2c(O)cc(=O)oc2c2ccc(C)cc21.COc1ccc(-n2c3c(c(O)c(C(C)=O)c2=O)CCc2ccccc2-3)cc1.O=c1oc2c3c(n(-c4ccc(O)cc4)c(=O)c2c(O)c1Sc1ccccc1)-c1ccccc1CC3. The average molecular weight is 1650 g/mol. The van der Waals surface area contributed by atoms with E-state index in [4.69, 9.17) is 28.1 Å². The van der Waals surface area contributed by atoms with Crippen molar-refractivity contribution in [2.24, 2.45) is 0 Å². The number of hydrogen-bond acceptors (Lipinski definition) is 22. The molecule has 122 heavy (non-hydrogen) atoms. The zero-order chi connectivity index (χ0) is 86.4. The first-order valence-corrected chi connectivity index (χ1v) is 39.4. The normalized spacial score (nSPS) is 11.8. The number of pyridine rings is 5. The van der Waals surface area contributed by atoms with Gasteiger partial charge in [0.05, 0.1) is 52.9 Å². The second-order valence-corrected chi connectivity index (χ2v) is 29.9. The highest BCUT2D eigenvalue weighted by Crippen LogP contribution is 2.44. The van der Waals surface area contributed by atoms with Gasteiger partial charge in [-0.25, -0.2) is 19.2 Å². The monoisotopic (exact) mass is 1650 g/mol. The topological polar surface area (TPSA) is 384 Å². The Kier molecular flexibility index (Phi) is 22.4. The smallest absolute Gasteiger partial charge is 0.354 e. The first kappa shape index (κ1) is 81.6. The number of nitrogens with two attached hydrogens (primary N) is 1. The molecule has 0 bridgehead atoms. The van der Waals surface area contributed by atoms with Gasteiger partial charge in [-0.3, -0.25) is 37.9 Å². The molecular formula is C95H76N6O20S. The Morgan fingerprint density at radius 2 is 0.943 bits per heavy atom. The van der Waals surface area contributed by atoms with E-state index in [2.05, 4.69) is 6.58 Å². The van der Waals surface area contributed by atoms with Gasteiger partial charge in [-0.05, 0) is 180 Å². The number of aromatic nitrogens is 5. The van der Waals surface area contributed by atoms with Gasteiger partial charge in [0.15, 0.2) is 33.9 Å². The highest BCUT2D eigenvalue weighted by Gasteiger charge is 2.32. The summed E-state index contributed by atoms with van der Waals surface area (Å²) in [5.74, 6) is -0.984. The first-order chi connectivity index (χ1) is 58.7. The fraction of sp³-hybridized carbons (Fsp3) is 0.137. The number of aryl methyl sites for hydroxylation is 7. The Labute approximate surface area is 693 Å². The molecule has 26 nitrogen and oxygen atoms in total. The molecule has 0 aliphatic heterocycles. The van der Waals surface area contributed by atoms with E-state index in [1.807, 2.05) is 137 Å². The summed E-state index contributed by atoms with van der Waals surface area (Å²) in [5, 5.41) is 53.8. The number of Topliss-reactive ketones (excluding diaryl/α,β-unsaturated/α-hetero) is 1. The number of carbonyl (C=O) groups excluding carboxylic acids is 1. The number of benzene rings is 8. The van der Waals surface area contributed by atoms with Gasteiger partial charge in [-0.15, -0.1) is 6.58 Å². The van der Waals surface area contributed by atoms with E-state index in [0.29, 0.717) is 100 Å². The Morgan fingerprint density at radius 3 is 1.48 bits per heavy atom. The lowest BCUT2D eigenvalue weighted by molar-refractivity contribution is 0.101. The number of phenolic OH excluding ortho intramolecular Hbond substituents is 1. The number of nitrogen functional groups attached to an aromatic ring is 1. The number of methoxy groups -OCH3 is 1. The lowest BCUT2D eigenvalue weighted by atomic mass is 9.86. The summed E-state index contributed by atoms with van der Waals surface area (Å²) >= 11 is 1.06. The van der Waals surface area contributed by atoms with Crippen LogP contribution in [0.5, 0.6) is 34.5 Å². The zero-order valence-corrected chi connectivity index (χ0v) is 67.3. The number of fused-ring (bicyclic) bond motifs is 17. The van der Waals surface area contributed by atoms with Crippen LogP contribution >= 0.6 is 11.8 Å². The van der Waals surface area contributed by atoms with Crippen LogP contribution in [0.25, 0.3) is 110 Å². The van der Waals surface area contributed by atoms with Crippen molar-refractivity contribution in [2.45, 2.75) is 89.7 Å². The number of ether oxygens (including phenoxy) is 1. The predicted molar refractivity (Wildman–Crippen MR) is 469 cm³/mol. The number of aromatic hydroxyl groups is 5. The largest absolute Gasteiger partial charge is 0.508 e. The summed E-state index contributed by atoms with van der Waals surface area (Å²) in [6.45, 7) is 13.8. The van der Waals surface area contributed by atoms with Crippen LogP contribution in [0.4, 0.5) is 5.69 Å². The molecule has 0 atom stereocenters. The molecular weight excluding hydrogens is 1580 g/mol. The van der Waals surface area contributed by atoms with Crippen LogP contribution in [-0.4, -0.2) is 61.3 Å². The minimum absolute atomic E-state index is 0.00477. The van der Waals surface area contributed by atoms with E-state index in [9.17, 15) is 73.5 Å². The second kappa shape index (κ2) is 33.5. The molecule has 8 aromatic carbocycles. The van der Waals surface area contributed by atoms with Crippen molar-refractivity contribution in [3.8, 4) is 68.4 Å². The number of allylic oxidation sites excluding steroid dienone is 1. The summed E-state index contributed by atoms with van der Waals surface area (Å²) in [4.78, 5) is 125. The third-order valence-electron chi connectivity index (χ3n) is 21.3. The number of phenols is 1. The Hall–Kier alpha value is -15.5. The third-order valence-corrected chi connectivity index (χ3v) is 22.4. The average Bonchev–Trinajstić information content (AvgIpc) is 0.723. The van der Waals surface area contributed by atoms with Crippen molar-refractivity contribution in [3.63, 3.8) is 0 Å². The molecule has 19 rings (SSSR count). The Balaban J connectivity index is 0.000000121. The van der Waals surface area contributed by atoms with Crippen LogP contribution in [-0.2, 0) is 45.3 Å². The van der Waals surface area contributed by atoms with E-state index in [1.54, 1.807) is 89.1 Å². The van der Waals surface area contributed by atoms with Gasteiger partial charge in [0.2, 0.25) is 0 Å². The zero-order valence-electron chi connectivity index (χ0n) is 66.4. The second-order valence-electron chi connectivity index (χ2n) is 28.8. The minimum atomic E-state index is -0.693. The van der Waals surface area contributed by atoms with Crippen LogP contribution in [0.15, 0.2) is 290 Å². The molecule has 612 valence electrons. The highest BCUT2D eigenvalue weighted by molar-refractivity contribution is 7.99. The van der Waals surface area contributed by atoms with E-state index in [0.717, 1.165) is 85.6 Å².